The van der Waals surface area contributed by atoms with E-state index in [2.05, 4.69) is 20.0 Å². The predicted octanol–water partition coefficient (Wildman–Crippen LogP) is 2.37. The maximum Gasteiger partial charge on any atom is 0.282 e. The van der Waals surface area contributed by atoms with Crippen molar-refractivity contribution in [1.82, 2.24) is 29.5 Å². The molecule has 4 heterocycles. The van der Waals surface area contributed by atoms with Crippen molar-refractivity contribution in [2.45, 2.75) is 6.54 Å². The molecule has 1 fully saturated rings. The molecule has 0 saturated carbocycles. The standard InChI is InChI=1S/C23H22N6O2S/c30-21-6-5-18(17-7-9-24-10-8-17)26-29(21)16-13-27-11-14-28(15-12-27)23(31)22-25-19-3-1-2-4-20(19)32-22/h1-10H,11-16H2. The van der Waals surface area contributed by atoms with Crippen molar-refractivity contribution in [1.29, 1.82) is 0 Å². The number of hydrogen-bond acceptors (Lipinski definition) is 7. The molecule has 0 spiro atoms. The van der Waals surface area contributed by atoms with E-state index in [0.717, 1.165) is 34.6 Å². The summed E-state index contributed by atoms with van der Waals surface area (Å²) in [6.45, 7) is 4.02. The van der Waals surface area contributed by atoms with E-state index in [1.54, 1.807) is 24.5 Å². The number of thiazole rings is 1. The fourth-order valence-corrected chi connectivity index (χ4v) is 4.73. The summed E-state index contributed by atoms with van der Waals surface area (Å²) in [5, 5.41) is 5.05. The van der Waals surface area contributed by atoms with Crippen LogP contribution >= 0.6 is 11.3 Å². The molecular weight excluding hydrogens is 424 g/mol. The van der Waals surface area contributed by atoms with E-state index in [1.165, 1.54) is 16.0 Å². The van der Waals surface area contributed by atoms with Crippen molar-refractivity contribution in [2.24, 2.45) is 0 Å². The summed E-state index contributed by atoms with van der Waals surface area (Å²) in [6.07, 6.45) is 3.42. The lowest BCUT2D eigenvalue weighted by Gasteiger charge is -2.34. The van der Waals surface area contributed by atoms with Crippen LogP contribution in [0.3, 0.4) is 0 Å². The Bertz CT molecular complexity index is 1260. The molecule has 4 aromatic rings. The van der Waals surface area contributed by atoms with Crippen LogP contribution in [0, 0.1) is 0 Å². The first-order chi connectivity index (χ1) is 15.7. The van der Waals surface area contributed by atoms with E-state index in [0.29, 0.717) is 31.2 Å². The van der Waals surface area contributed by atoms with Gasteiger partial charge in [-0.1, -0.05) is 12.1 Å². The molecule has 9 heteroatoms. The third kappa shape index (κ3) is 4.30. The van der Waals surface area contributed by atoms with Crippen molar-refractivity contribution in [3.05, 3.63) is 76.3 Å². The Labute approximate surface area is 188 Å². The molecule has 0 bridgehead atoms. The number of para-hydroxylation sites is 1. The number of carbonyl (C=O) groups excluding carboxylic acids is 1. The van der Waals surface area contributed by atoms with E-state index in [-0.39, 0.29) is 11.5 Å². The van der Waals surface area contributed by atoms with Gasteiger partial charge in [-0.05, 0) is 30.3 Å². The molecule has 0 unspecified atom stereocenters. The second-order valence-electron chi connectivity index (χ2n) is 7.64. The van der Waals surface area contributed by atoms with Gasteiger partial charge in [0.25, 0.3) is 11.5 Å². The fourth-order valence-electron chi connectivity index (χ4n) is 3.80. The zero-order chi connectivity index (χ0) is 21.9. The Morgan fingerprint density at radius 3 is 2.50 bits per heavy atom. The highest BCUT2D eigenvalue weighted by atomic mass is 32.1. The minimum Gasteiger partial charge on any atom is -0.334 e. The molecule has 162 valence electrons. The summed E-state index contributed by atoms with van der Waals surface area (Å²) in [5.41, 5.74) is 2.42. The van der Waals surface area contributed by atoms with Crippen LogP contribution in [0.5, 0.6) is 0 Å². The van der Waals surface area contributed by atoms with Crippen LogP contribution in [0.1, 0.15) is 9.80 Å². The van der Waals surface area contributed by atoms with E-state index >= 15 is 0 Å². The highest BCUT2D eigenvalue weighted by molar-refractivity contribution is 7.20. The SMILES string of the molecule is O=C(c1nc2ccccc2s1)N1CCN(CCn2nc(-c3ccncc3)ccc2=O)CC1. The molecule has 0 aliphatic carbocycles. The molecule has 32 heavy (non-hydrogen) atoms. The smallest absolute Gasteiger partial charge is 0.282 e. The number of nitrogens with zero attached hydrogens (tertiary/aromatic N) is 6. The number of rotatable bonds is 5. The molecule has 1 saturated heterocycles. The summed E-state index contributed by atoms with van der Waals surface area (Å²) in [5.74, 6) is -0.00575. The van der Waals surface area contributed by atoms with Crippen LogP contribution < -0.4 is 5.56 Å². The number of aromatic nitrogens is 4. The van der Waals surface area contributed by atoms with Crippen LogP contribution in [-0.4, -0.2) is 68.2 Å². The Morgan fingerprint density at radius 1 is 0.938 bits per heavy atom. The number of amides is 1. The van der Waals surface area contributed by atoms with E-state index in [1.807, 2.05) is 41.3 Å². The number of pyridine rings is 1. The molecule has 1 aromatic carbocycles. The van der Waals surface area contributed by atoms with Crippen LogP contribution in [0.4, 0.5) is 0 Å². The van der Waals surface area contributed by atoms with Crippen LogP contribution in [-0.2, 0) is 6.54 Å². The summed E-state index contributed by atoms with van der Waals surface area (Å²) in [7, 11) is 0. The van der Waals surface area contributed by atoms with Crippen molar-refractivity contribution < 1.29 is 4.79 Å². The van der Waals surface area contributed by atoms with Gasteiger partial charge in [0.05, 0.1) is 22.5 Å². The third-order valence-corrected chi connectivity index (χ3v) is 6.63. The molecule has 3 aromatic heterocycles. The van der Waals surface area contributed by atoms with E-state index in [9.17, 15) is 9.59 Å². The van der Waals surface area contributed by atoms with Crippen LogP contribution in [0.25, 0.3) is 21.5 Å². The van der Waals surface area contributed by atoms with Gasteiger partial charge in [-0.25, -0.2) is 9.67 Å². The molecule has 5 rings (SSSR count). The maximum absolute atomic E-state index is 12.9. The number of hydrogen-bond donors (Lipinski definition) is 0. The Kier molecular flexibility index (Phi) is 5.74. The van der Waals surface area contributed by atoms with Gasteiger partial charge in [0, 0.05) is 56.7 Å². The Hall–Kier alpha value is -3.43. The highest BCUT2D eigenvalue weighted by Crippen LogP contribution is 2.23. The maximum atomic E-state index is 12.9. The molecule has 1 amide bonds. The van der Waals surface area contributed by atoms with Crippen molar-refractivity contribution in [3.63, 3.8) is 0 Å². The van der Waals surface area contributed by atoms with Crippen molar-refractivity contribution >= 4 is 27.5 Å². The van der Waals surface area contributed by atoms with Gasteiger partial charge in [0.15, 0.2) is 5.01 Å². The second-order valence-corrected chi connectivity index (χ2v) is 8.67. The molecule has 0 atom stereocenters. The largest absolute Gasteiger partial charge is 0.334 e. The molecule has 1 aliphatic rings. The topological polar surface area (TPSA) is 84.2 Å². The van der Waals surface area contributed by atoms with Gasteiger partial charge >= 0.3 is 0 Å². The first kappa shape index (κ1) is 20.5. The van der Waals surface area contributed by atoms with Gasteiger partial charge in [0.2, 0.25) is 0 Å². The average Bonchev–Trinajstić information content (AvgIpc) is 3.28. The zero-order valence-electron chi connectivity index (χ0n) is 17.4. The first-order valence-corrected chi connectivity index (χ1v) is 11.3. The summed E-state index contributed by atoms with van der Waals surface area (Å²) < 4.78 is 2.54. The molecule has 1 aliphatic heterocycles. The van der Waals surface area contributed by atoms with Crippen molar-refractivity contribution in [3.8, 4) is 11.3 Å². The Morgan fingerprint density at radius 2 is 1.72 bits per heavy atom. The quantitative estimate of drug-likeness (QED) is 0.468. The summed E-state index contributed by atoms with van der Waals surface area (Å²) in [4.78, 5) is 37.8. The van der Waals surface area contributed by atoms with Crippen molar-refractivity contribution in [2.75, 3.05) is 32.7 Å². The molecule has 0 N–H and O–H groups in total. The van der Waals surface area contributed by atoms with Gasteiger partial charge in [-0.15, -0.1) is 11.3 Å². The minimum atomic E-state index is -0.118. The number of carbonyl (C=O) groups is 1. The fraction of sp³-hybridized carbons (Fsp3) is 0.261. The first-order valence-electron chi connectivity index (χ1n) is 10.5. The molecule has 8 nitrogen and oxygen atoms in total. The highest BCUT2D eigenvalue weighted by Gasteiger charge is 2.24. The monoisotopic (exact) mass is 446 g/mol. The van der Waals surface area contributed by atoms with Gasteiger partial charge in [-0.2, -0.15) is 5.10 Å². The number of fused-ring (bicyclic) bond motifs is 1. The van der Waals surface area contributed by atoms with E-state index in [4.69, 9.17) is 0 Å². The van der Waals surface area contributed by atoms with Gasteiger partial charge < -0.3 is 4.90 Å². The number of piperazine rings is 1. The summed E-state index contributed by atoms with van der Waals surface area (Å²) in [6, 6.07) is 14.8. The lowest BCUT2D eigenvalue weighted by molar-refractivity contribution is 0.0631. The lowest BCUT2D eigenvalue weighted by atomic mass is 10.2. The zero-order valence-corrected chi connectivity index (χ0v) is 18.2. The normalized spacial score (nSPS) is 14.7. The lowest BCUT2D eigenvalue weighted by Crippen LogP contribution is -2.49. The Balaban J connectivity index is 1.18. The van der Waals surface area contributed by atoms with Gasteiger partial charge in [-0.3, -0.25) is 19.5 Å². The molecule has 0 radical (unpaired) electrons. The minimum absolute atomic E-state index is 0.00575. The average molecular weight is 447 g/mol. The second kappa shape index (κ2) is 8.97. The van der Waals surface area contributed by atoms with Crippen LogP contribution in [0.2, 0.25) is 0 Å². The predicted molar refractivity (Wildman–Crippen MR) is 124 cm³/mol. The van der Waals surface area contributed by atoms with E-state index < -0.39 is 0 Å². The number of benzene rings is 1. The van der Waals surface area contributed by atoms with Crippen LogP contribution in [0.15, 0.2) is 65.7 Å². The summed E-state index contributed by atoms with van der Waals surface area (Å²) >= 11 is 1.44. The van der Waals surface area contributed by atoms with Gasteiger partial charge in [0.1, 0.15) is 0 Å². The molecular formula is C23H22N6O2S. The third-order valence-electron chi connectivity index (χ3n) is 5.61.